The first kappa shape index (κ1) is 31.7. The SMILES string of the molecule is CSCCC(NC(=O)C(CC(C)C)NC(=O)C(N)CC(N)=O)C(=O)NC(Cc1ccc(O)cc1)C(=O)O. The maximum Gasteiger partial charge on any atom is 0.326 e. The number of carbonyl (C=O) groups excluding carboxylic acids is 4. The van der Waals surface area contributed by atoms with E-state index in [0.717, 1.165) is 0 Å². The van der Waals surface area contributed by atoms with Crippen molar-refractivity contribution in [3.05, 3.63) is 29.8 Å². The Morgan fingerprint density at radius 2 is 1.46 bits per heavy atom. The van der Waals surface area contributed by atoms with Crippen LogP contribution in [0.5, 0.6) is 5.75 Å². The van der Waals surface area contributed by atoms with E-state index in [1.807, 2.05) is 20.1 Å². The van der Waals surface area contributed by atoms with Crippen molar-refractivity contribution in [3.63, 3.8) is 0 Å². The lowest BCUT2D eigenvalue weighted by Crippen LogP contribution is -2.57. The summed E-state index contributed by atoms with van der Waals surface area (Å²) in [5, 5.41) is 26.7. The van der Waals surface area contributed by atoms with Gasteiger partial charge >= 0.3 is 5.97 Å². The number of phenols is 1. The number of phenolic OH excluding ortho intramolecular Hbond substituents is 1. The van der Waals surface area contributed by atoms with Crippen LogP contribution in [0.3, 0.4) is 0 Å². The van der Waals surface area contributed by atoms with Gasteiger partial charge in [0.2, 0.25) is 23.6 Å². The molecule has 4 amide bonds. The van der Waals surface area contributed by atoms with E-state index in [4.69, 9.17) is 11.5 Å². The molecule has 0 spiro atoms. The summed E-state index contributed by atoms with van der Waals surface area (Å²) >= 11 is 1.44. The average molecular weight is 540 g/mol. The zero-order valence-electron chi connectivity index (χ0n) is 21.2. The first-order valence-electron chi connectivity index (χ1n) is 11.8. The predicted molar refractivity (Wildman–Crippen MR) is 139 cm³/mol. The van der Waals surface area contributed by atoms with Crippen molar-refractivity contribution in [2.45, 2.75) is 63.7 Å². The van der Waals surface area contributed by atoms with Crippen LogP contribution in [0.15, 0.2) is 24.3 Å². The predicted octanol–water partition coefficient (Wildman–Crippen LogP) is -0.524. The first-order chi connectivity index (χ1) is 17.3. The number of thioether (sulfide) groups is 1. The van der Waals surface area contributed by atoms with E-state index in [1.54, 1.807) is 12.1 Å². The van der Waals surface area contributed by atoms with Crippen LogP contribution in [0.25, 0.3) is 0 Å². The number of rotatable bonds is 16. The molecule has 0 aliphatic heterocycles. The average Bonchev–Trinajstić information content (AvgIpc) is 2.81. The normalized spacial score (nSPS) is 14.2. The molecule has 206 valence electrons. The molecule has 0 heterocycles. The van der Waals surface area contributed by atoms with Crippen molar-refractivity contribution in [2.24, 2.45) is 17.4 Å². The number of amides is 4. The molecule has 9 N–H and O–H groups in total. The summed E-state index contributed by atoms with van der Waals surface area (Å²) in [7, 11) is 0. The number of carboxylic acid groups (broad SMARTS) is 1. The van der Waals surface area contributed by atoms with Gasteiger partial charge < -0.3 is 37.6 Å². The fourth-order valence-electron chi connectivity index (χ4n) is 3.41. The van der Waals surface area contributed by atoms with E-state index < -0.39 is 60.2 Å². The second-order valence-electron chi connectivity index (χ2n) is 9.08. The molecule has 0 aromatic heterocycles. The van der Waals surface area contributed by atoms with Gasteiger partial charge in [-0.1, -0.05) is 26.0 Å². The van der Waals surface area contributed by atoms with Gasteiger partial charge in [0.1, 0.15) is 23.9 Å². The van der Waals surface area contributed by atoms with Crippen LogP contribution in [0.2, 0.25) is 0 Å². The molecule has 0 bridgehead atoms. The molecular weight excluding hydrogens is 502 g/mol. The third-order valence-corrected chi connectivity index (χ3v) is 5.98. The maximum absolute atomic E-state index is 13.1. The van der Waals surface area contributed by atoms with Gasteiger partial charge in [-0.15, -0.1) is 0 Å². The maximum atomic E-state index is 13.1. The van der Waals surface area contributed by atoms with E-state index in [-0.39, 0.29) is 30.9 Å². The molecule has 0 radical (unpaired) electrons. The van der Waals surface area contributed by atoms with Crippen molar-refractivity contribution in [2.75, 3.05) is 12.0 Å². The van der Waals surface area contributed by atoms with Crippen LogP contribution in [0.4, 0.5) is 0 Å². The van der Waals surface area contributed by atoms with Gasteiger partial charge in [0.15, 0.2) is 0 Å². The smallest absolute Gasteiger partial charge is 0.326 e. The first-order valence-corrected chi connectivity index (χ1v) is 13.2. The number of hydrogen-bond acceptors (Lipinski definition) is 8. The molecule has 1 aromatic rings. The molecule has 1 rings (SSSR count). The highest BCUT2D eigenvalue weighted by atomic mass is 32.2. The Bertz CT molecular complexity index is 942. The monoisotopic (exact) mass is 539 g/mol. The highest BCUT2D eigenvalue weighted by Crippen LogP contribution is 2.12. The lowest BCUT2D eigenvalue weighted by molar-refractivity contribution is -0.142. The Morgan fingerprint density at radius 3 is 1.97 bits per heavy atom. The molecular formula is C24H37N5O7S. The number of nitrogens with two attached hydrogens (primary N) is 2. The molecule has 12 nitrogen and oxygen atoms in total. The summed E-state index contributed by atoms with van der Waals surface area (Å²) in [6.45, 7) is 3.68. The lowest BCUT2D eigenvalue weighted by Gasteiger charge is -2.26. The number of benzene rings is 1. The minimum atomic E-state index is -1.27. The second-order valence-corrected chi connectivity index (χ2v) is 10.1. The zero-order chi connectivity index (χ0) is 28.1. The van der Waals surface area contributed by atoms with Gasteiger partial charge in [-0.3, -0.25) is 19.2 Å². The van der Waals surface area contributed by atoms with E-state index in [0.29, 0.717) is 11.3 Å². The van der Waals surface area contributed by atoms with Gasteiger partial charge in [-0.2, -0.15) is 11.8 Å². The Hall–Kier alpha value is -3.32. The molecule has 0 aliphatic carbocycles. The van der Waals surface area contributed by atoms with Crippen LogP contribution in [-0.2, 0) is 30.4 Å². The minimum absolute atomic E-state index is 0.0106. The molecule has 4 atom stereocenters. The zero-order valence-corrected chi connectivity index (χ0v) is 22.0. The number of hydrogen-bond donors (Lipinski definition) is 7. The molecule has 0 saturated heterocycles. The van der Waals surface area contributed by atoms with Gasteiger partial charge in [-0.25, -0.2) is 4.79 Å². The van der Waals surface area contributed by atoms with Crippen molar-refractivity contribution >= 4 is 41.4 Å². The summed E-state index contributed by atoms with van der Waals surface area (Å²) in [6, 6.07) is 1.32. The Balaban J connectivity index is 3.00. The number of primary amides is 1. The highest BCUT2D eigenvalue weighted by Gasteiger charge is 2.31. The van der Waals surface area contributed by atoms with E-state index >= 15 is 0 Å². The van der Waals surface area contributed by atoms with Gasteiger partial charge in [-0.05, 0) is 48.5 Å². The van der Waals surface area contributed by atoms with Crippen LogP contribution in [-0.4, -0.2) is 76.0 Å². The third kappa shape index (κ3) is 12.0. The minimum Gasteiger partial charge on any atom is -0.508 e. The number of aromatic hydroxyl groups is 1. The van der Waals surface area contributed by atoms with Crippen LogP contribution in [0, 0.1) is 5.92 Å². The number of aliphatic carboxylic acids is 1. The van der Waals surface area contributed by atoms with Crippen molar-refractivity contribution in [1.82, 2.24) is 16.0 Å². The Morgan fingerprint density at radius 1 is 0.919 bits per heavy atom. The van der Waals surface area contributed by atoms with E-state index in [1.165, 1.54) is 23.9 Å². The fraction of sp³-hybridized carbons (Fsp3) is 0.542. The summed E-state index contributed by atoms with van der Waals surface area (Å²) in [4.78, 5) is 61.4. The highest BCUT2D eigenvalue weighted by molar-refractivity contribution is 7.98. The molecule has 0 aliphatic rings. The third-order valence-electron chi connectivity index (χ3n) is 5.33. The second kappa shape index (κ2) is 15.7. The molecule has 0 fully saturated rings. The number of carboxylic acids is 1. The van der Waals surface area contributed by atoms with Crippen LogP contribution >= 0.6 is 11.8 Å². The standard InChI is InChI=1S/C24H37N5O7S/c1-13(2)10-18(28-21(32)16(25)12-20(26)31)23(34)27-17(8-9-37-3)22(33)29-19(24(35)36)11-14-4-6-15(30)7-5-14/h4-7,13,16-19,30H,8-12,25H2,1-3H3,(H2,26,31)(H,27,34)(H,28,32)(H,29,33)(H,35,36). The molecule has 0 saturated carbocycles. The van der Waals surface area contributed by atoms with E-state index in [9.17, 15) is 34.2 Å². The number of nitrogens with one attached hydrogen (secondary N) is 3. The Kier molecular flexibility index (Phi) is 13.5. The topological polar surface area (TPSA) is 214 Å². The van der Waals surface area contributed by atoms with Crippen molar-refractivity contribution < 1.29 is 34.2 Å². The number of carbonyl (C=O) groups is 5. The lowest BCUT2D eigenvalue weighted by atomic mass is 10.0. The summed E-state index contributed by atoms with van der Waals surface area (Å²) in [5.41, 5.74) is 11.4. The van der Waals surface area contributed by atoms with Gasteiger partial charge in [0.25, 0.3) is 0 Å². The molecule has 13 heteroatoms. The molecule has 4 unspecified atom stereocenters. The molecule has 1 aromatic carbocycles. The summed E-state index contributed by atoms with van der Waals surface area (Å²) in [5.74, 6) is -3.56. The van der Waals surface area contributed by atoms with Crippen LogP contribution in [0.1, 0.15) is 38.7 Å². The Labute approximate surface area is 220 Å². The van der Waals surface area contributed by atoms with Crippen molar-refractivity contribution in [1.29, 1.82) is 0 Å². The van der Waals surface area contributed by atoms with Crippen molar-refractivity contribution in [3.8, 4) is 5.75 Å². The summed E-state index contributed by atoms with van der Waals surface area (Å²) < 4.78 is 0. The van der Waals surface area contributed by atoms with E-state index in [2.05, 4.69) is 16.0 Å². The van der Waals surface area contributed by atoms with Gasteiger partial charge in [0, 0.05) is 6.42 Å². The fourth-order valence-corrected chi connectivity index (χ4v) is 3.88. The molecule has 37 heavy (non-hydrogen) atoms. The van der Waals surface area contributed by atoms with Gasteiger partial charge in [0.05, 0.1) is 12.5 Å². The largest absolute Gasteiger partial charge is 0.508 e. The quantitative estimate of drug-likeness (QED) is 0.144. The van der Waals surface area contributed by atoms with Crippen LogP contribution < -0.4 is 27.4 Å². The summed E-state index contributed by atoms with van der Waals surface area (Å²) in [6.07, 6.45) is 1.85.